The van der Waals surface area contributed by atoms with Crippen molar-refractivity contribution >= 4 is 17.2 Å². The van der Waals surface area contributed by atoms with Crippen LogP contribution in [0.2, 0.25) is 0 Å². The van der Waals surface area contributed by atoms with Crippen molar-refractivity contribution in [2.24, 2.45) is 0 Å². The zero-order chi connectivity index (χ0) is 12.2. The van der Waals surface area contributed by atoms with Crippen molar-refractivity contribution in [2.45, 2.75) is 25.9 Å². The van der Waals surface area contributed by atoms with Crippen molar-refractivity contribution in [1.29, 1.82) is 0 Å². The molecule has 0 fully saturated rings. The molecule has 1 aromatic heterocycles. The maximum atomic E-state index is 12.4. The molecular weight excluding hydrogens is 241 g/mol. The minimum atomic E-state index is -4.57. The van der Waals surface area contributed by atoms with Crippen LogP contribution in [-0.4, -0.2) is 17.4 Å². The highest BCUT2D eigenvalue weighted by Gasteiger charge is 2.38. The van der Waals surface area contributed by atoms with Gasteiger partial charge in [-0.15, -0.1) is 11.3 Å². The van der Waals surface area contributed by atoms with Gasteiger partial charge >= 0.3 is 6.18 Å². The van der Waals surface area contributed by atoms with Gasteiger partial charge in [0.2, 0.25) is 0 Å². The predicted molar refractivity (Wildman–Crippen MR) is 54.4 cm³/mol. The molecule has 0 atom stereocenters. The van der Waals surface area contributed by atoms with Crippen LogP contribution in [0.3, 0.4) is 0 Å². The Morgan fingerprint density at radius 3 is 2.81 bits per heavy atom. The van der Waals surface area contributed by atoms with Crippen LogP contribution in [0.1, 0.15) is 35.1 Å². The highest BCUT2D eigenvalue weighted by Crippen LogP contribution is 2.32. The van der Waals surface area contributed by atoms with Gasteiger partial charge in [-0.3, -0.25) is 4.79 Å². The van der Waals surface area contributed by atoms with E-state index in [-0.39, 0.29) is 4.88 Å². The summed E-state index contributed by atoms with van der Waals surface area (Å²) in [5, 5.41) is 2.43. The summed E-state index contributed by atoms with van der Waals surface area (Å²) in [6, 6.07) is 0. The standard InChI is InChI=1S/C9H11F3N2OS/c1-2-3-4-13-8(15)6-7(9(10,11)12)14-5-16-6/h5H,2-4H2,1H3,(H,13,15). The molecule has 0 radical (unpaired) electrons. The average Bonchev–Trinajstić information content (AvgIpc) is 2.65. The first kappa shape index (κ1) is 13.0. The molecule has 1 aromatic rings. The van der Waals surface area contributed by atoms with Crippen LogP contribution in [0.25, 0.3) is 0 Å². The average molecular weight is 252 g/mol. The Balaban J connectivity index is 2.73. The van der Waals surface area contributed by atoms with Crippen LogP contribution >= 0.6 is 11.3 Å². The molecule has 90 valence electrons. The summed E-state index contributed by atoms with van der Waals surface area (Å²) in [6.45, 7) is 2.31. The van der Waals surface area contributed by atoms with Gasteiger partial charge in [0.25, 0.3) is 5.91 Å². The van der Waals surface area contributed by atoms with E-state index in [9.17, 15) is 18.0 Å². The molecule has 0 aliphatic heterocycles. The predicted octanol–water partition coefficient (Wildman–Crippen LogP) is 2.69. The number of carbonyl (C=O) groups is 1. The number of hydrogen-bond donors (Lipinski definition) is 1. The molecule has 3 nitrogen and oxygen atoms in total. The quantitative estimate of drug-likeness (QED) is 0.837. The van der Waals surface area contributed by atoms with E-state index < -0.39 is 17.8 Å². The topological polar surface area (TPSA) is 42.0 Å². The summed E-state index contributed by atoms with van der Waals surface area (Å²) in [5.74, 6) is -0.705. The summed E-state index contributed by atoms with van der Waals surface area (Å²) in [4.78, 5) is 14.2. The summed E-state index contributed by atoms with van der Waals surface area (Å²) >= 11 is 0.699. The van der Waals surface area contributed by atoms with Gasteiger partial charge in [-0.05, 0) is 6.42 Å². The molecule has 0 aromatic carbocycles. The lowest BCUT2D eigenvalue weighted by atomic mass is 10.3. The number of nitrogens with zero attached hydrogens (tertiary/aromatic N) is 1. The second-order valence-corrected chi connectivity index (χ2v) is 3.99. The Kier molecular flexibility index (Phi) is 4.28. The maximum Gasteiger partial charge on any atom is 0.434 e. The molecule has 0 spiro atoms. The van der Waals surface area contributed by atoms with E-state index in [1.165, 1.54) is 0 Å². The molecule has 0 saturated carbocycles. The highest BCUT2D eigenvalue weighted by molar-refractivity contribution is 7.11. The number of alkyl halides is 3. The number of hydrogen-bond acceptors (Lipinski definition) is 3. The molecule has 1 amide bonds. The summed E-state index contributed by atoms with van der Waals surface area (Å²) < 4.78 is 37.2. The van der Waals surface area contributed by atoms with Crippen LogP contribution in [0.15, 0.2) is 5.51 Å². The van der Waals surface area contributed by atoms with Crippen LogP contribution in [0.4, 0.5) is 13.2 Å². The van der Waals surface area contributed by atoms with E-state index in [2.05, 4.69) is 10.3 Å². The highest BCUT2D eigenvalue weighted by atomic mass is 32.1. The Hall–Kier alpha value is -1.11. The smallest absolute Gasteiger partial charge is 0.351 e. The van der Waals surface area contributed by atoms with Crippen LogP contribution in [-0.2, 0) is 6.18 Å². The first-order chi connectivity index (χ1) is 7.46. The van der Waals surface area contributed by atoms with Crippen molar-refractivity contribution in [3.05, 3.63) is 16.1 Å². The first-order valence-electron chi connectivity index (χ1n) is 4.75. The second kappa shape index (κ2) is 5.29. The molecule has 0 unspecified atom stereocenters. The monoisotopic (exact) mass is 252 g/mol. The van der Waals surface area contributed by atoms with Crippen LogP contribution in [0.5, 0.6) is 0 Å². The largest absolute Gasteiger partial charge is 0.434 e. The van der Waals surface area contributed by atoms with E-state index in [4.69, 9.17) is 0 Å². The number of halogens is 3. The molecule has 0 saturated heterocycles. The van der Waals surface area contributed by atoms with Crippen molar-refractivity contribution in [3.63, 3.8) is 0 Å². The Bertz CT molecular complexity index is 362. The molecule has 0 bridgehead atoms. The van der Waals surface area contributed by atoms with E-state index in [1.54, 1.807) is 0 Å². The van der Waals surface area contributed by atoms with Crippen molar-refractivity contribution in [3.8, 4) is 0 Å². The number of aromatic nitrogens is 1. The molecule has 0 aliphatic carbocycles. The molecule has 16 heavy (non-hydrogen) atoms. The van der Waals surface area contributed by atoms with Gasteiger partial charge in [-0.1, -0.05) is 13.3 Å². The fourth-order valence-corrected chi connectivity index (χ4v) is 1.79. The van der Waals surface area contributed by atoms with E-state index in [1.807, 2.05) is 6.92 Å². The van der Waals surface area contributed by atoms with Gasteiger partial charge < -0.3 is 5.32 Å². The number of thiazole rings is 1. The summed E-state index contributed by atoms with van der Waals surface area (Å²) in [5.41, 5.74) is -0.0797. The van der Waals surface area contributed by atoms with Crippen molar-refractivity contribution in [1.82, 2.24) is 10.3 Å². The fraction of sp³-hybridized carbons (Fsp3) is 0.556. The van der Waals surface area contributed by atoms with Gasteiger partial charge in [0.15, 0.2) is 5.69 Å². The van der Waals surface area contributed by atoms with Crippen LogP contribution < -0.4 is 5.32 Å². The third-order valence-electron chi connectivity index (χ3n) is 1.86. The minimum Gasteiger partial charge on any atom is -0.351 e. The van der Waals surface area contributed by atoms with Gasteiger partial charge in [-0.25, -0.2) is 4.98 Å². The first-order valence-corrected chi connectivity index (χ1v) is 5.63. The number of nitrogens with one attached hydrogen (secondary N) is 1. The number of unbranched alkanes of at least 4 members (excludes halogenated alkanes) is 1. The third-order valence-corrected chi connectivity index (χ3v) is 2.68. The van der Waals surface area contributed by atoms with Gasteiger partial charge in [0.05, 0.1) is 5.51 Å². The molecule has 7 heteroatoms. The number of rotatable bonds is 4. The number of amides is 1. The lowest BCUT2D eigenvalue weighted by molar-refractivity contribution is -0.141. The van der Waals surface area contributed by atoms with Gasteiger partial charge in [0, 0.05) is 6.54 Å². The third kappa shape index (κ3) is 3.19. The molecule has 1 rings (SSSR count). The second-order valence-electron chi connectivity index (χ2n) is 3.14. The van der Waals surface area contributed by atoms with Gasteiger partial charge in [0.1, 0.15) is 4.88 Å². The maximum absolute atomic E-state index is 12.4. The molecular formula is C9H11F3N2OS. The van der Waals surface area contributed by atoms with E-state index in [0.717, 1.165) is 18.4 Å². The van der Waals surface area contributed by atoms with Crippen LogP contribution in [0, 0.1) is 0 Å². The van der Waals surface area contributed by atoms with Crippen molar-refractivity contribution < 1.29 is 18.0 Å². The molecule has 1 heterocycles. The van der Waals surface area contributed by atoms with Gasteiger partial charge in [-0.2, -0.15) is 13.2 Å². The molecule has 1 N–H and O–H groups in total. The summed E-state index contributed by atoms with van der Waals surface area (Å²) in [7, 11) is 0. The summed E-state index contributed by atoms with van der Waals surface area (Å²) in [6.07, 6.45) is -2.96. The fourth-order valence-electron chi connectivity index (χ4n) is 1.07. The normalized spacial score (nSPS) is 11.5. The van der Waals surface area contributed by atoms with E-state index >= 15 is 0 Å². The number of carbonyl (C=O) groups excluding carboxylic acids is 1. The molecule has 0 aliphatic rings. The van der Waals surface area contributed by atoms with E-state index in [0.29, 0.717) is 17.9 Å². The minimum absolute atomic E-state index is 0.372. The zero-order valence-corrected chi connectivity index (χ0v) is 9.41. The Morgan fingerprint density at radius 2 is 2.25 bits per heavy atom. The van der Waals surface area contributed by atoms with Crippen molar-refractivity contribution in [2.75, 3.05) is 6.54 Å². The Morgan fingerprint density at radius 1 is 1.56 bits per heavy atom. The SMILES string of the molecule is CCCCNC(=O)c1scnc1C(F)(F)F. The zero-order valence-electron chi connectivity index (χ0n) is 8.60. The Labute approximate surface area is 94.7 Å². The lowest BCUT2D eigenvalue weighted by Crippen LogP contribution is -2.26. The lowest BCUT2D eigenvalue weighted by Gasteiger charge is -2.06.